The van der Waals surface area contributed by atoms with Crippen LogP contribution in [0.5, 0.6) is 0 Å². The molecule has 0 saturated carbocycles. The molecule has 1 saturated heterocycles. The quantitative estimate of drug-likeness (QED) is 0.231. The average molecular weight is 678 g/mol. The second-order valence-electron chi connectivity index (χ2n) is 11.6. The van der Waals surface area contributed by atoms with Gasteiger partial charge in [0, 0.05) is 30.7 Å². The van der Waals surface area contributed by atoms with Gasteiger partial charge in [-0.05, 0) is 30.2 Å². The lowest BCUT2D eigenvalue weighted by Gasteiger charge is -2.29. The fourth-order valence-electron chi connectivity index (χ4n) is 5.61. The van der Waals surface area contributed by atoms with Crippen LogP contribution < -0.4 is 5.30 Å². The van der Waals surface area contributed by atoms with Crippen molar-refractivity contribution in [3.8, 4) is 0 Å². The molecule has 0 bridgehead atoms. The van der Waals surface area contributed by atoms with Crippen LogP contribution in [0.15, 0.2) is 120 Å². The van der Waals surface area contributed by atoms with E-state index >= 15 is 4.57 Å². The number of sulfonamides is 1. The predicted octanol–water partition coefficient (Wildman–Crippen LogP) is 6.24. The Bertz CT molecular complexity index is 1590. The number of rotatable bonds is 5. The first kappa shape index (κ1) is 35.2. The monoisotopic (exact) mass is 677 g/mol. The summed E-state index contributed by atoms with van der Waals surface area (Å²) >= 11 is 0. The molecule has 0 N–H and O–H groups in total. The minimum Gasteiger partial charge on any atom is -0.378 e. The molecule has 4 aromatic rings. The number of benzene rings is 4. The Morgan fingerprint density at radius 3 is 1.51 bits per heavy atom. The molecule has 4 aromatic carbocycles. The van der Waals surface area contributed by atoms with E-state index in [0.717, 1.165) is 22.0 Å². The van der Waals surface area contributed by atoms with E-state index < -0.39 is 29.4 Å². The molecule has 250 valence electrons. The first-order chi connectivity index (χ1) is 22.8. The molecule has 2 atom stereocenters. The standard InChI is InChI=1S/C37H44NO7PS/c1-31-17-19-35(20-18-31)47(40,41)38-21-23-42-25-27-44-36(32-11-5-2-6-12-32)29-46(39,34-15-9-4-10-16-34)30-37(33-13-7-3-8-14-33)45-28-26-43-24-22-38/h2-20,36-37H,21-30H2,1H3/t36-,37-/m1/s1. The van der Waals surface area contributed by atoms with Crippen molar-refractivity contribution in [1.29, 1.82) is 0 Å². The van der Waals surface area contributed by atoms with E-state index in [1.807, 2.05) is 97.9 Å². The third kappa shape index (κ3) is 9.94. The molecule has 8 nitrogen and oxygen atoms in total. The molecule has 0 aromatic heterocycles. The maximum Gasteiger partial charge on any atom is 0.243 e. The number of hydrogen-bond donors (Lipinski definition) is 0. The van der Waals surface area contributed by atoms with Crippen molar-refractivity contribution < 1.29 is 31.9 Å². The van der Waals surface area contributed by atoms with Gasteiger partial charge in [-0.15, -0.1) is 0 Å². The summed E-state index contributed by atoms with van der Waals surface area (Å²) in [5, 5.41) is 0.783. The van der Waals surface area contributed by atoms with Gasteiger partial charge in [0.25, 0.3) is 0 Å². The maximum atomic E-state index is 15.2. The lowest BCUT2D eigenvalue weighted by Crippen LogP contribution is -2.37. The van der Waals surface area contributed by atoms with Crippen LogP contribution in [0.25, 0.3) is 0 Å². The molecule has 1 aliphatic heterocycles. The molecular formula is C37H44NO7PS. The Kier molecular flexibility index (Phi) is 13.0. The first-order valence-corrected chi connectivity index (χ1v) is 19.6. The van der Waals surface area contributed by atoms with Crippen LogP contribution in [0, 0.1) is 6.92 Å². The molecule has 0 unspecified atom stereocenters. The number of ether oxygens (including phenoxy) is 4. The van der Waals surface area contributed by atoms with E-state index in [0.29, 0.717) is 0 Å². The molecule has 1 heterocycles. The molecule has 0 spiro atoms. The van der Waals surface area contributed by atoms with Crippen molar-refractivity contribution in [2.24, 2.45) is 0 Å². The van der Waals surface area contributed by atoms with Crippen LogP contribution in [0.3, 0.4) is 0 Å². The van der Waals surface area contributed by atoms with Crippen LogP contribution in [0.2, 0.25) is 0 Å². The van der Waals surface area contributed by atoms with Crippen LogP contribution >= 0.6 is 7.14 Å². The topological polar surface area (TPSA) is 91.4 Å². The van der Waals surface area contributed by atoms with Gasteiger partial charge in [-0.25, -0.2) is 8.42 Å². The fraction of sp³-hybridized carbons (Fsp3) is 0.351. The van der Waals surface area contributed by atoms with Crippen molar-refractivity contribution in [1.82, 2.24) is 4.31 Å². The van der Waals surface area contributed by atoms with Crippen LogP contribution in [-0.2, 0) is 33.5 Å². The first-order valence-electron chi connectivity index (χ1n) is 16.0. The molecule has 10 heteroatoms. The van der Waals surface area contributed by atoms with E-state index in [2.05, 4.69) is 0 Å². The van der Waals surface area contributed by atoms with E-state index in [1.165, 1.54) is 4.31 Å². The summed E-state index contributed by atoms with van der Waals surface area (Å²) < 4.78 is 68.3. The second-order valence-corrected chi connectivity index (χ2v) is 16.5. The molecule has 1 fully saturated rings. The zero-order valence-electron chi connectivity index (χ0n) is 26.9. The van der Waals surface area contributed by atoms with Crippen molar-refractivity contribution in [2.75, 3.05) is 65.1 Å². The van der Waals surface area contributed by atoms with Gasteiger partial charge in [-0.3, -0.25) is 0 Å². The lowest BCUT2D eigenvalue weighted by molar-refractivity contribution is 0.00216. The number of hydrogen-bond acceptors (Lipinski definition) is 7. The van der Waals surface area contributed by atoms with Crippen molar-refractivity contribution in [2.45, 2.75) is 24.0 Å². The van der Waals surface area contributed by atoms with Gasteiger partial charge in [0.2, 0.25) is 10.0 Å². The lowest BCUT2D eigenvalue weighted by atomic mass is 10.1. The van der Waals surface area contributed by atoms with Crippen LogP contribution in [0.4, 0.5) is 0 Å². The highest BCUT2D eigenvalue weighted by Crippen LogP contribution is 2.51. The van der Waals surface area contributed by atoms with Gasteiger partial charge in [-0.1, -0.05) is 109 Å². The third-order valence-electron chi connectivity index (χ3n) is 8.21. The Balaban J connectivity index is 1.40. The van der Waals surface area contributed by atoms with E-state index in [4.69, 9.17) is 18.9 Å². The van der Waals surface area contributed by atoms with Gasteiger partial charge in [0.15, 0.2) is 0 Å². The van der Waals surface area contributed by atoms with Crippen LogP contribution in [0.1, 0.15) is 28.9 Å². The summed E-state index contributed by atoms with van der Waals surface area (Å²) in [5.74, 6) is 0. The van der Waals surface area contributed by atoms with Gasteiger partial charge in [0.1, 0.15) is 7.14 Å². The molecule has 0 radical (unpaired) electrons. The molecule has 0 amide bonds. The average Bonchev–Trinajstić information content (AvgIpc) is 3.10. The molecular weight excluding hydrogens is 633 g/mol. The number of nitrogens with zero attached hydrogens (tertiary/aromatic N) is 1. The fourth-order valence-corrected chi connectivity index (χ4v) is 10.0. The SMILES string of the molecule is Cc1ccc(S(=O)(=O)N2CCOCCO[C@@H](c3ccccc3)CP(=O)(c3ccccc3)C[C@H](c3ccccc3)OCCOCC2)cc1. The van der Waals surface area contributed by atoms with E-state index in [9.17, 15) is 8.42 Å². The summed E-state index contributed by atoms with van der Waals surface area (Å²) in [5.41, 5.74) is 2.84. The summed E-state index contributed by atoms with van der Waals surface area (Å²) in [6, 6.07) is 36.1. The van der Waals surface area contributed by atoms with Crippen molar-refractivity contribution in [3.63, 3.8) is 0 Å². The molecule has 0 aliphatic carbocycles. The van der Waals surface area contributed by atoms with Gasteiger partial charge < -0.3 is 23.5 Å². The Labute approximate surface area is 279 Å². The van der Waals surface area contributed by atoms with Gasteiger partial charge in [0.05, 0.1) is 56.7 Å². The van der Waals surface area contributed by atoms with Gasteiger partial charge in [-0.2, -0.15) is 4.31 Å². The zero-order chi connectivity index (χ0) is 33.0. The molecule has 5 rings (SSSR count). The van der Waals surface area contributed by atoms with E-state index in [-0.39, 0.29) is 70.0 Å². The third-order valence-corrected chi connectivity index (χ3v) is 13.2. The second kappa shape index (κ2) is 17.3. The number of aryl methyl sites for hydroxylation is 1. The highest BCUT2D eigenvalue weighted by atomic mass is 32.2. The molecule has 47 heavy (non-hydrogen) atoms. The zero-order valence-corrected chi connectivity index (χ0v) is 28.6. The highest BCUT2D eigenvalue weighted by Gasteiger charge is 2.34. The van der Waals surface area contributed by atoms with E-state index in [1.54, 1.807) is 24.3 Å². The normalized spacial score (nSPS) is 21.3. The Morgan fingerprint density at radius 2 is 1.04 bits per heavy atom. The minimum absolute atomic E-state index is 0.164. The van der Waals surface area contributed by atoms with Crippen molar-refractivity contribution in [3.05, 3.63) is 132 Å². The largest absolute Gasteiger partial charge is 0.378 e. The summed E-state index contributed by atoms with van der Waals surface area (Å²) in [4.78, 5) is 0.233. The summed E-state index contributed by atoms with van der Waals surface area (Å²) in [6.45, 7) is 3.64. The van der Waals surface area contributed by atoms with Crippen LogP contribution in [-0.4, -0.2) is 77.8 Å². The van der Waals surface area contributed by atoms with Crippen molar-refractivity contribution >= 4 is 22.5 Å². The summed E-state index contributed by atoms with van der Waals surface area (Å²) in [6.07, 6.45) is -0.342. The highest BCUT2D eigenvalue weighted by molar-refractivity contribution is 7.89. The van der Waals surface area contributed by atoms with Gasteiger partial charge >= 0.3 is 0 Å². The Morgan fingerprint density at radius 1 is 0.596 bits per heavy atom. The smallest absolute Gasteiger partial charge is 0.243 e. The maximum absolute atomic E-state index is 15.2. The molecule has 1 aliphatic rings. The predicted molar refractivity (Wildman–Crippen MR) is 185 cm³/mol. The Hall–Kier alpha value is -3.14. The summed E-state index contributed by atoms with van der Waals surface area (Å²) in [7, 11) is -6.84. The minimum atomic E-state index is -3.76.